The fourth-order valence-electron chi connectivity index (χ4n) is 2.02. The molecule has 1 saturated heterocycles. The van der Waals surface area contributed by atoms with Gasteiger partial charge < -0.3 is 18.7 Å². The molecule has 0 aromatic carbocycles. The molecule has 1 aliphatic heterocycles. The van der Waals surface area contributed by atoms with Crippen LogP contribution < -0.4 is 0 Å². The van der Waals surface area contributed by atoms with Crippen molar-refractivity contribution in [2.45, 2.75) is 51.9 Å². The zero-order chi connectivity index (χ0) is 14.2. The minimum atomic E-state index is -0.225. The van der Waals surface area contributed by atoms with Crippen molar-refractivity contribution in [2.24, 2.45) is 0 Å². The number of hydrogen-bond donors (Lipinski definition) is 0. The lowest BCUT2D eigenvalue weighted by atomic mass is 10.2. The molecule has 112 valence electrons. The Bertz CT molecular complexity index is 411. The SMILES string of the molecule is CCOC(=O)CCc1cc(COC2CCCCO2)no1. The van der Waals surface area contributed by atoms with Crippen LogP contribution in [-0.4, -0.2) is 30.6 Å². The van der Waals surface area contributed by atoms with E-state index in [9.17, 15) is 4.79 Å². The Balaban J connectivity index is 1.70. The zero-order valence-electron chi connectivity index (χ0n) is 11.8. The molecule has 0 radical (unpaired) electrons. The summed E-state index contributed by atoms with van der Waals surface area (Å²) in [4.78, 5) is 11.2. The Kier molecular flexibility index (Phi) is 6.01. The summed E-state index contributed by atoms with van der Waals surface area (Å²) in [5.41, 5.74) is 0.720. The number of aryl methyl sites for hydroxylation is 1. The van der Waals surface area contributed by atoms with E-state index in [2.05, 4.69) is 5.16 Å². The molecule has 1 aliphatic rings. The molecule has 2 rings (SSSR count). The highest BCUT2D eigenvalue weighted by molar-refractivity contribution is 5.69. The van der Waals surface area contributed by atoms with E-state index in [1.165, 1.54) is 0 Å². The third kappa shape index (κ3) is 4.94. The van der Waals surface area contributed by atoms with Crippen molar-refractivity contribution in [3.8, 4) is 0 Å². The summed E-state index contributed by atoms with van der Waals surface area (Å²) in [5.74, 6) is 0.443. The zero-order valence-corrected chi connectivity index (χ0v) is 11.8. The second-order valence-electron chi connectivity index (χ2n) is 4.70. The fraction of sp³-hybridized carbons (Fsp3) is 0.714. The highest BCUT2D eigenvalue weighted by atomic mass is 16.7. The molecule has 1 aromatic rings. The van der Waals surface area contributed by atoms with Crippen LogP contribution in [0.3, 0.4) is 0 Å². The molecular weight excluding hydrogens is 262 g/mol. The van der Waals surface area contributed by atoms with Crippen LogP contribution in [0.5, 0.6) is 0 Å². The van der Waals surface area contributed by atoms with Crippen LogP contribution in [0.15, 0.2) is 10.6 Å². The van der Waals surface area contributed by atoms with Crippen LogP contribution in [0.1, 0.15) is 44.1 Å². The lowest BCUT2D eigenvalue weighted by Gasteiger charge is -2.21. The first-order chi connectivity index (χ1) is 9.78. The second kappa shape index (κ2) is 8.01. The summed E-state index contributed by atoms with van der Waals surface area (Å²) in [6, 6.07) is 1.81. The lowest BCUT2D eigenvalue weighted by molar-refractivity contribution is -0.169. The van der Waals surface area contributed by atoms with Crippen molar-refractivity contribution in [1.82, 2.24) is 5.16 Å². The molecule has 1 fully saturated rings. The predicted octanol–water partition coefficient (Wildman–Crippen LogP) is 2.21. The summed E-state index contributed by atoms with van der Waals surface area (Å²) < 4.78 is 21.1. The predicted molar refractivity (Wildman–Crippen MR) is 69.8 cm³/mol. The molecule has 0 amide bonds. The number of nitrogens with zero attached hydrogens (tertiary/aromatic N) is 1. The molecule has 6 nitrogen and oxygen atoms in total. The van der Waals surface area contributed by atoms with E-state index in [0.29, 0.717) is 31.8 Å². The molecule has 0 N–H and O–H groups in total. The van der Waals surface area contributed by atoms with Crippen LogP contribution in [0.2, 0.25) is 0 Å². The smallest absolute Gasteiger partial charge is 0.306 e. The number of esters is 1. The molecule has 2 heterocycles. The molecule has 1 unspecified atom stereocenters. The lowest BCUT2D eigenvalue weighted by Crippen LogP contribution is -2.22. The monoisotopic (exact) mass is 283 g/mol. The average Bonchev–Trinajstić information content (AvgIpc) is 2.92. The molecular formula is C14H21NO5. The maximum atomic E-state index is 11.2. The van der Waals surface area contributed by atoms with Gasteiger partial charge in [0.15, 0.2) is 6.29 Å². The largest absolute Gasteiger partial charge is 0.466 e. The standard InChI is InChI=1S/C14H21NO5/c1-2-17-13(16)7-6-12-9-11(15-20-12)10-19-14-5-3-4-8-18-14/h9,14H,2-8,10H2,1H3. The van der Waals surface area contributed by atoms with Gasteiger partial charge in [0.05, 0.1) is 19.6 Å². The maximum Gasteiger partial charge on any atom is 0.306 e. The van der Waals surface area contributed by atoms with Crippen LogP contribution in [0, 0.1) is 0 Å². The van der Waals surface area contributed by atoms with Gasteiger partial charge in [-0.15, -0.1) is 0 Å². The van der Waals surface area contributed by atoms with E-state index in [1.807, 2.05) is 6.07 Å². The van der Waals surface area contributed by atoms with Crippen LogP contribution >= 0.6 is 0 Å². The summed E-state index contributed by atoms with van der Waals surface area (Å²) in [6.07, 6.45) is 3.81. The fourth-order valence-corrected chi connectivity index (χ4v) is 2.02. The third-order valence-corrected chi connectivity index (χ3v) is 3.04. The van der Waals surface area contributed by atoms with Crippen LogP contribution in [0.25, 0.3) is 0 Å². The van der Waals surface area contributed by atoms with Gasteiger partial charge in [0.2, 0.25) is 0 Å². The van der Waals surface area contributed by atoms with Gasteiger partial charge >= 0.3 is 5.97 Å². The summed E-state index contributed by atoms with van der Waals surface area (Å²) >= 11 is 0. The molecule has 0 aliphatic carbocycles. The van der Waals surface area contributed by atoms with Crippen LogP contribution in [-0.2, 0) is 32.0 Å². The first kappa shape index (κ1) is 15.0. The molecule has 1 atom stereocenters. The van der Waals surface area contributed by atoms with Gasteiger partial charge in [0.25, 0.3) is 0 Å². The van der Waals surface area contributed by atoms with Gasteiger partial charge in [-0.1, -0.05) is 5.16 Å². The number of ether oxygens (including phenoxy) is 3. The van der Waals surface area contributed by atoms with Crippen LogP contribution in [0.4, 0.5) is 0 Å². The first-order valence-electron chi connectivity index (χ1n) is 7.11. The van der Waals surface area contributed by atoms with E-state index in [0.717, 1.165) is 31.6 Å². The van der Waals surface area contributed by atoms with E-state index < -0.39 is 0 Å². The van der Waals surface area contributed by atoms with Gasteiger partial charge in [-0.25, -0.2) is 0 Å². The van der Waals surface area contributed by atoms with Crippen molar-refractivity contribution >= 4 is 5.97 Å². The van der Waals surface area contributed by atoms with Crippen molar-refractivity contribution in [3.05, 3.63) is 17.5 Å². The van der Waals surface area contributed by atoms with Crippen molar-refractivity contribution in [3.63, 3.8) is 0 Å². The molecule has 0 bridgehead atoms. The Labute approximate surface area is 118 Å². The van der Waals surface area contributed by atoms with Gasteiger partial charge in [-0.3, -0.25) is 4.79 Å². The van der Waals surface area contributed by atoms with Crippen molar-refractivity contribution in [1.29, 1.82) is 0 Å². The van der Waals surface area contributed by atoms with Gasteiger partial charge in [0, 0.05) is 19.1 Å². The number of hydrogen-bond acceptors (Lipinski definition) is 6. The number of carbonyl (C=O) groups is 1. The van der Waals surface area contributed by atoms with E-state index >= 15 is 0 Å². The normalized spacial score (nSPS) is 18.9. The molecule has 6 heteroatoms. The van der Waals surface area contributed by atoms with Gasteiger partial charge in [-0.2, -0.15) is 0 Å². The molecule has 1 aromatic heterocycles. The molecule has 0 saturated carbocycles. The Hall–Kier alpha value is -1.40. The summed E-state index contributed by atoms with van der Waals surface area (Å²) in [6.45, 7) is 3.31. The van der Waals surface area contributed by atoms with Crippen molar-refractivity contribution in [2.75, 3.05) is 13.2 Å². The number of carbonyl (C=O) groups excluding carboxylic acids is 1. The molecule has 20 heavy (non-hydrogen) atoms. The average molecular weight is 283 g/mol. The first-order valence-corrected chi connectivity index (χ1v) is 7.11. The number of rotatable bonds is 7. The second-order valence-corrected chi connectivity index (χ2v) is 4.70. The van der Waals surface area contributed by atoms with Gasteiger partial charge in [-0.05, 0) is 26.2 Å². The highest BCUT2D eigenvalue weighted by Gasteiger charge is 2.15. The Morgan fingerprint density at radius 2 is 2.40 bits per heavy atom. The quantitative estimate of drug-likeness (QED) is 0.714. The van der Waals surface area contributed by atoms with E-state index in [4.69, 9.17) is 18.7 Å². The van der Waals surface area contributed by atoms with E-state index in [1.54, 1.807) is 6.92 Å². The minimum Gasteiger partial charge on any atom is -0.466 e. The minimum absolute atomic E-state index is 0.136. The van der Waals surface area contributed by atoms with Crippen molar-refractivity contribution < 1.29 is 23.5 Å². The molecule has 0 spiro atoms. The van der Waals surface area contributed by atoms with Gasteiger partial charge in [0.1, 0.15) is 11.5 Å². The summed E-state index contributed by atoms with van der Waals surface area (Å²) in [5, 5.41) is 3.92. The third-order valence-electron chi connectivity index (χ3n) is 3.04. The maximum absolute atomic E-state index is 11.2. The Morgan fingerprint density at radius 1 is 1.50 bits per heavy atom. The number of aromatic nitrogens is 1. The highest BCUT2D eigenvalue weighted by Crippen LogP contribution is 2.16. The summed E-state index contributed by atoms with van der Waals surface area (Å²) in [7, 11) is 0. The Morgan fingerprint density at radius 3 is 3.15 bits per heavy atom. The topological polar surface area (TPSA) is 70.8 Å². The van der Waals surface area contributed by atoms with E-state index in [-0.39, 0.29) is 12.3 Å².